The maximum Gasteiger partial charge on any atom is 0.516 e. The lowest BCUT2D eigenvalue weighted by atomic mass is 10.4. The van der Waals surface area contributed by atoms with Crippen LogP contribution >= 0.6 is 0 Å². The number of terminal acetylenes is 1. The van der Waals surface area contributed by atoms with E-state index >= 15 is 0 Å². The third-order valence-electron chi connectivity index (χ3n) is 1.93. The predicted octanol–water partition coefficient (Wildman–Crippen LogP) is 2.06. The van der Waals surface area contributed by atoms with E-state index in [9.17, 15) is 0 Å². The van der Waals surface area contributed by atoms with Crippen molar-refractivity contribution in [2.75, 3.05) is 19.8 Å². The van der Waals surface area contributed by atoms with Gasteiger partial charge in [0.2, 0.25) is 0 Å². The summed E-state index contributed by atoms with van der Waals surface area (Å²) in [5, 5.41) is 0. The van der Waals surface area contributed by atoms with Gasteiger partial charge in [0, 0.05) is 19.8 Å². The molecule has 0 aliphatic rings. The van der Waals surface area contributed by atoms with Crippen molar-refractivity contribution in [1.82, 2.24) is 0 Å². The van der Waals surface area contributed by atoms with E-state index in [1.54, 1.807) is 0 Å². The molecule has 1 atom stereocenters. The minimum atomic E-state index is -2.71. The zero-order valence-corrected chi connectivity index (χ0v) is 11.5. The molecule has 0 heterocycles. The molecule has 0 aliphatic heterocycles. The Morgan fingerprint density at radius 1 is 1.06 bits per heavy atom. The molecule has 0 saturated heterocycles. The van der Waals surface area contributed by atoms with Crippen molar-refractivity contribution in [3.8, 4) is 24.2 Å². The van der Waals surface area contributed by atoms with Gasteiger partial charge in [0.15, 0.2) is 0 Å². The number of hydrogen-bond acceptors (Lipinski definition) is 3. The van der Waals surface area contributed by atoms with Crippen molar-refractivity contribution in [3.63, 3.8) is 0 Å². The molecule has 0 rings (SSSR count). The number of rotatable bonds is 7. The van der Waals surface area contributed by atoms with E-state index in [1.165, 1.54) is 0 Å². The van der Waals surface area contributed by atoms with Gasteiger partial charge in [-0.3, -0.25) is 0 Å². The van der Waals surface area contributed by atoms with Crippen molar-refractivity contribution in [2.24, 2.45) is 0 Å². The number of hydrogen-bond donors (Lipinski definition) is 0. The zero-order valence-electron chi connectivity index (χ0n) is 10.5. The third kappa shape index (κ3) is 4.38. The second kappa shape index (κ2) is 8.38. The van der Waals surface area contributed by atoms with Gasteiger partial charge in [-0.1, -0.05) is 5.92 Å². The molecule has 0 aromatic heterocycles. The SMILES string of the molecule is C#CC#CC(C)[Si](OCC)(OCC)OCC. The van der Waals surface area contributed by atoms with Gasteiger partial charge < -0.3 is 13.3 Å². The molecule has 0 aliphatic carbocycles. The lowest BCUT2D eigenvalue weighted by molar-refractivity contribution is 0.0675. The van der Waals surface area contributed by atoms with Gasteiger partial charge >= 0.3 is 8.80 Å². The molecular formula is C12H20O3Si. The Bertz CT molecular complexity index is 268. The summed E-state index contributed by atoms with van der Waals surface area (Å²) in [6.07, 6.45) is 5.11. The molecule has 16 heavy (non-hydrogen) atoms. The summed E-state index contributed by atoms with van der Waals surface area (Å²) in [6, 6.07) is 0. The Hall–Kier alpha value is -0.783. The standard InChI is InChI=1S/C12H20O3Si/c1-6-10-11-12(5)16(13-7-2,14-8-3)15-9-4/h1,12H,7-9H2,2-5H3. The second-order valence-electron chi connectivity index (χ2n) is 3.04. The van der Waals surface area contributed by atoms with E-state index in [1.807, 2.05) is 27.7 Å². The Morgan fingerprint density at radius 3 is 1.81 bits per heavy atom. The van der Waals surface area contributed by atoms with Crippen LogP contribution in [0.4, 0.5) is 0 Å². The minimum absolute atomic E-state index is 0.108. The smallest absolute Gasteiger partial charge is 0.373 e. The molecule has 0 bridgehead atoms. The molecule has 0 aromatic rings. The molecule has 3 nitrogen and oxygen atoms in total. The molecule has 90 valence electrons. The van der Waals surface area contributed by atoms with Crippen LogP contribution < -0.4 is 0 Å². The molecule has 1 unspecified atom stereocenters. The molecule has 0 N–H and O–H groups in total. The van der Waals surface area contributed by atoms with Gasteiger partial charge in [0.1, 0.15) is 0 Å². The zero-order chi connectivity index (χ0) is 12.4. The Balaban J connectivity index is 4.90. The van der Waals surface area contributed by atoms with Gasteiger partial charge in [-0.25, -0.2) is 0 Å². The maximum absolute atomic E-state index is 5.69. The molecule has 0 amide bonds. The van der Waals surface area contributed by atoms with E-state index in [2.05, 4.69) is 17.8 Å². The first-order valence-electron chi connectivity index (χ1n) is 5.54. The van der Waals surface area contributed by atoms with Crippen molar-refractivity contribution < 1.29 is 13.3 Å². The van der Waals surface area contributed by atoms with Crippen LogP contribution in [0.25, 0.3) is 0 Å². The monoisotopic (exact) mass is 240 g/mol. The first kappa shape index (κ1) is 15.2. The van der Waals surface area contributed by atoms with E-state index in [4.69, 9.17) is 19.7 Å². The van der Waals surface area contributed by atoms with E-state index in [-0.39, 0.29) is 5.54 Å². The van der Waals surface area contributed by atoms with E-state index in [0.717, 1.165) is 0 Å². The van der Waals surface area contributed by atoms with Gasteiger partial charge in [-0.05, 0) is 39.5 Å². The normalized spacial score (nSPS) is 12.4. The minimum Gasteiger partial charge on any atom is -0.373 e. The van der Waals surface area contributed by atoms with Crippen LogP contribution in [0.1, 0.15) is 27.7 Å². The third-order valence-corrected chi connectivity index (χ3v) is 5.21. The summed E-state index contributed by atoms with van der Waals surface area (Å²) in [4.78, 5) is 0. The van der Waals surface area contributed by atoms with Crippen molar-refractivity contribution in [3.05, 3.63) is 0 Å². The largest absolute Gasteiger partial charge is 0.516 e. The fourth-order valence-corrected chi connectivity index (χ4v) is 3.80. The van der Waals surface area contributed by atoms with Crippen LogP contribution in [-0.2, 0) is 13.3 Å². The van der Waals surface area contributed by atoms with Gasteiger partial charge in [-0.15, -0.1) is 6.42 Å². The highest BCUT2D eigenvalue weighted by Crippen LogP contribution is 2.24. The Kier molecular flexibility index (Phi) is 7.97. The summed E-state index contributed by atoms with van der Waals surface area (Å²) < 4.78 is 17.1. The van der Waals surface area contributed by atoms with Crippen LogP contribution in [0.2, 0.25) is 5.54 Å². The van der Waals surface area contributed by atoms with Gasteiger partial charge in [-0.2, -0.15) is 0 Å². The highest BCUT2D eigenvalue weighted by molar-refractivity contribution is 6.63. The molecule has 0 radical (unpaired) electrons. The van der Waals surface area contributed by atoms with E-state index < -0.39 is 8.80 Å². The molecule has 4 heteroatoms. The predicted molar refractivity (Wildman–Crippen MR) is 66.7 cm³/mol. The van der Waals surface area contributed by atoms with Crippen LogP contribution in [0, 0.1) is 24.2 Å². The topological polar surface area (TPSA) is 27.7 Å². The maximum atomic E-state index is 5.69. The summed E-state index contributed by atoms with van der Waals surface area (Å²) in [5.74, 6) is 7.82. The molecule has 0 aromatic carbocycles. The fraction of sp³-hybridized carbons (Fsp3) is 0.667. The second-order valence-corrected chi connectivity index (χ2v) is 5.98. The highest BCUT2D eigenvalue weighted by Gasteiger charge is 2.46. The summed E-state index contributed by atoms with van der Waals surface area (Å²) in [6.45, 7) is 9.33. The quantitative estimate of drug-likeness (QED) is 0.503. The highest BCUT2D eigenvalue weighted by atomic mass is 28.4. The summed E-state index contributed by atoms with van der Waals surface area (Å²) in [7, 11) is -2.71. The molecule has 0 saturated carbocycles. The van der Waals surface area contributed by atoms with Crippen LogP contribution in [0.3, 0.4) is 0 Å². The van der Waals surface area contributed by atoms with Crippen molar-refractivity contribution in [1.29, 1.82) is 0 Å². The lowest BCUT2D eigenvalue weighted by Crippen LogP contribution is -2.49. The van der Waals surface area contributed by atoms with E-state index in [0.29, 0.717) is 19.8 Å². The van der Waals surface area contributed by atoms with Gasteiger partial charge in [0.25, 0.3) is 0 Å². The molecule has 0 fully saturated rings. The summed E-state index contributed by atoms with van der Waals surface area (Å²) in [5.41, 5.74) is -0.108. The molecule has 0 spiro atoms. The average molecular weight is 240 g/mol. The van der Waals surface area contributed by atoms with Crippen LogP contribution in [-0.4, -0.2) is 28.6 Å². The molecular weight excluding hydrogens is 220 g/mol. The van der Waals surface area contributed by atoms with Crippen LogP contribution in [0.5, 0.6) is 0 Å². The van der Waals surface area contributed by atoms with Gasteiger partial charge in [0.05, 0.1) is 5.54 Å². The first-order valence-corrected chi connectivity index (χ1v) is 7.35. The first-order chi connectivity index (χ1) is 7.66. The average Bonchev–Trinajstić information content (AvgIpc) is 2.26. The summed E-state index contributed by atoms with van der Waals surface area (Å²) >= 11 is 0. The van der Waals surface area contributed by atoms with Crippen molar-refractivity contribution >= 4 is 8.80 Å². The lowest BCUT2D eigenvalue weighted by Gasteiger charge is -2.30. The van der Waals surface area contributed by atoms with Crippen LogP contribution in [0.15, 0.2) is 0 Å². The Morgan fingerprint density at radius 2 is 1.50 bits per heavy atom. The Labute approximate surface area is 99.8 Å². The fourth-order valence-electron chi connectivity index (χ4n) is 1.34. The van der Waals surface area contributed by atoms with Crippen molar-refractivity contribution in [2.45, 2.75) is 33.2 Å².